The molecule has 0 aliphatic rings. The lowest BCUT2D eigenvalue weighted by Crippen LogP contribution is -2.09. The van der Waals surface area contributed by atoms with Gasteiger partial charge in [-0.15, -0.1) is 0 Å². The fourth-order valence-corrected chi connectivity index (χ4v) is 3.79. The van der Waals surface area contributed by atoms with Crippen LogP contribution in [0.2, 0.25) is 0 Å². The Labute approximate surface area is 182 Å². The van der Waals surface area contributed by atoms with E-state index in [1.165, 1.54) is 5.56 Å². The molecule has 0 aliphatic heterocycles. The SMILES string of the molecule is COc1cc(Br)c(C(C=O)CCCc2ccc(OC(C)C)cc2)cc1OC(C)C. The molecule has 0 spiro atoms. The van der Waals surface area contributed by atoms with Crippen molar-refractivity contribution in [1.29, 1.82) is 0 Å². The highest BCUT2D eigenvalue weighted by atomic mass is 79.9. The van der Waals surface area contributed by atoms with Gasteiger partial charge in [0, 0.05) is 10.4 Å². The van der Waals surface area contributed by atoms with Crippen LogP contribution in [0.15, 0.2) is 40.9 Å². The first-order valence-electron chi connectivity index (χ1n) is 10.1. The number of ether oxygens (including phenoxy) is 3. The van der Waals surface area contributed by atoms with Crippen LogP contribution in [-0.2, 0) is 11.2 Å². The maximum absolute atomic E-state index is 11.8. The number of halogens is 1. The minimum absolute atomic E-state index is 0.0234. The summed E-state index contributed by atoms with van der Waals surface area (Å²) in [6, 6.07) is 12.0. The summed E-state index contributed by atoms with van der Waals surface area (Å²) in [4.78, 5) is 11.8. The molecular weight excluding hydrogens is 432 g/mol. The van der Waals surface area contributed by atoms with Crippen molar-refractivity contribution in [2.75, 3.05) is 7.11 Å². The van der Waals surface area contributed by atoms with Crippen molar-refractivity contribution in [3.8, 4) is 17.2 Å². The topological polar surface area (TPSA) is 44.8 Å². The van der Waals surface area contributed by atoms with Crippen LogP contribution in [0.1, 0.15) is 57.6 Å². The first-order chi connectivity index (χ1) is 13.8. The summed E-state index contributed by atoms with van der Waals surface area (Å²) in [5.74, 6) is 2.00. The number of hydrogen-bond acceptors (Lipinski definition) is 4. The first-order valence-corrected chi connectivity index (χ1v) is 10.9. The number of carbonyl (C=O) groups is 1. The van der Waals surface area contributed by atoms with Crippen LogP contribution in [0.4, 0.5) is 0 Å². The van der Waals surface area contributed by atoms with Gasteiger partial charge < -0.3 is 19.0 Å². The van der Waals surface area contributed by atoms with Crippen molar-refractivity contribution in [1.82, 2.24) is 0 Å². The summed E-state index contributed by atoms with van der Waals surface area (Å²) in [7, 11) is 1.61. The van der Waals surface area contributed by atoms with E-state index in [1.807, 2.05) is 52.0 Å². The van der Waals surface area contributed by atoms with E-state index in [1.54, 1.807) is 7.11 Å². The standard InChI is InChI=1S/C24H31BrO4/c1-16(2)28-20-11-9-18(10-12-20)7-6-8-19(15-26)21-13-24(29-17(3)4)23(27-5)14-22(21)25/h9-17,19H,6-8H2,1-5H3. The van der Waals surface area contributed by atoms with E-state index in [0.717, 1.165) is 41.3 Å². The Kier molecular flexibility index (Phi) is 9.02. The third kappa shape index (κ3) is 7.07. The molecule has 0 bridgehead atoms. The lowest BCUT2D eigenvalue weighted by Gasteiger charge is -2.19. The van der Waals surface area contributed by atoms with Crippen LogP contribution in [0.5, 0.6) is 17.2 Å². The van der Waals surface area contributed by atoms with Gasteiger partial charge in [-0.25, -0.2) is 0 Å². The zero-order valence-electron chi connectivity index (χ0n) is 17.9. The Balaban J connectivity index is 2.05. The monoisotopic (exact) mass is 462 g/mol. The molecule has 2 aromatic carbocycles. The van der Waals surface area contributed by atoms with Crippen molar-refractivity contribution in [2.24, 2.45) is 0 Å². The van der Waals surface area contributed by atoms with Gasteiger partial charge in [-0.05, 0) is 82.3 Å². The Hall–Kier alpha value is -2.01. The van der Waals surface area contributed by atoms with E-state index in [2.05, 4.69) is 28.1 Å². The van der Waals surface area contributed by atoms with E-state index in [4.69, 9.17) is 14.2 Å². The van der Waals surface area contributed by atoms with Gasteiger partial charge in [-0.3, -0.25) is 0 Å². The minimum Gasteiger partial charge on any atom is -0.493 e. The van der Waals surface area contributed by atoms with Crippen LogP contribution in [0.3, 0.4) is 0 Å². The van der Waals surface area contributed by atoms with E-state index in [0.29, 0.717) is 11.5 Å². The summed E-state index contributed by atoms with van der Waals surface area (Å²) >= 11 is 3.59. The Morgan fingerprint density at radius 3 is 2.17 bits per heavy atom. The van der Waals surface area contributed by atoms with Crippen LogP contribution in [0.25, 0.3) is 0 Å². The molecule has 2 rings (SSSR count). The summed E-state index contributed by atoms with van der Waals surface area (Å²) in [5, 5.41) is 0. The normalized spacial score (nSPS) is 12.1. The lowest BCUT2D eigenvalue weighted by molar-refractivity contribution is -0.109. The highest BCUT2D eigenvalue weighted by Gasteiger charge is 2.18. The fraction of sp³-hybridized carbons (Fsp3) is 0.458. The second kappa shape index (κ2) is 11.2. The van der Waals surface area contributed by atoms with E-state index >= 15 is 0 Å². The van der Waals surface area contributed by atoms with Crippen molar-refractivity contribution < 1.29 is 19.0 Å². The molecule has 1 atom stereocenters. The molecular formula is C24H31BrO4. The average molecular weight is 463 g/mol. The molecule has 5 heteroatoms. The molecule has 0 amide bonds. The average Bonchev–Trinajstić information content (AvgIpc) is 2.67. The highest BCUT2D eigenvalue weighted by molar-refractivity contribution is 9.10. The molecule has 2 aromatic rings. The van der Waals surface area contributed by atoms with E-state index in [9.17, 15) is 4.79 Å². The van der Waals surface area contributed by atoms with Crippen LogP contribution >= 0.6 is 15.9 Å². The van der Waals surface area contributed by atoms with Crippen molar-refractivity contribution in [3.63, 3.8) is 0 Å². The van der Waals surface area contributed by atoms with Crippen LogP contribution < -0.4 is 14.2 Å². The Bertz CT molecular complexity index is 784. The van der Waals surface area contributed by atoms with Gasteiger partial charge >= 0.3 is 0 Å². The number of aryl methyl sites for hydroxylation is 1. The number of rotatable bonds is 11. The third-order valence-electron chi connectivity index (χ3n) is 4.49. The summed E-state index contributed by atoms with van der Waals surface area (Å²) in [6.07, 6.45) is 3.80. The molecule has 0 N–H and O–H groups in total. The summed E-state index contributed by atoms with van der Waals surface area (Å²) in [6.45, 7) is 7.97. The second-order valence-corrected chi connectivity index (χ2v) is 8.49. The number of methoxy groups -OCH3 is 1. The van der Waals surface area contributed by atoms with Crippen molar-refractivity contribution in [3.05, 3.63) is 52.0 Å². The molecule has 158 valence electrons. The molecule has 0 saturated heterocycles. The fourth-order valence-electron chi connectivity index (χ4n) is 3.17. The largest absolute Gasteiger partial charge is 0.493 e. The molecule has 0 radical (unpaired) electrons. The van der Waals surface area contributed by atoms with Crippen molar-refractivity contribution in [2.45, 2.75) is 65.1 Å². The maximum Gasteiger partial charge on any atom is 0.161 e. The highest BCUT2D eigenvalue weighted by Crippen LogP contribution is 2.38. The zero-order valence-corrected chi connectivity index (χ0v) is 19.5. The van der Waals surface area contributed by atoms with E-state index < -0.39 is 0 Å². The molecule has 0 aliphatic carbocycles. The maximum atomic E-state index is 11.8. The van der Waals surface area contributed by atoms with Gasteiger partial charge in [0.15, 0.2) is 11.5 Å². The molecule has 0 heterocycles. The smallest absolute Gasteiger partial charge is 0.161 e. The quantitative estimate of drug-likeness (QED) is 0.365. The van der Waals surface area contributed by atoms with Crippen molar-refractivity contribution >= 4 is 22.2 Å². The zero-order chi connectivity index (χ0) is 21.4. The summed E-state index contributed by atoms with van der Waals surface area (Å²) < 4.78 is 17.8. The predicted octanol–water partition coefficient (Wildman–Crippen LogP) is 6.34. The molecule has 0 saturated carbocycles. The van der Waals surface area contributed by atoms with Gasteiger partial charge in [-0.2, -0.15) is 0 Å². The van der Waals surface area contributed by atoms with Gasteiger partial charge in [0.2, 0.25) is 0 Å². The predicted molar refractivity (Wildman–Crippen MR) is 120 cm³/mol. The Morgan fingerprint density at radius 1 is 0.966 bits per heavy atom. The van der Waals surface area contributed by atoms with Gasteiger partial charge in [-0.1, -0.05) is 28.1 Å². The first kappa shape index (κ1) is 23.3. The third-order valence-corrected chi connectivity index (χ3v) is 5.17. The number of benzene rings is 2. The molecule has 1 unspecified atom stereocenters. The molecule has 0 aromatic heterocycles. The van der Waals surface area contributed by atoms with Gasteiger partial charge in [0.05, 0.1) is 19.3 Å². The minimum atomic E-state index is -0.201. The van der Waals surface area contributed by atoms with Crippen LogP contribution in [-0.4, -0.2) is 25.6 Å². The van der Waals surface area contributed by atoms with Crippen LogP contribution in [0, 0.1) is 0 Å². The molecule has 29 heavy (non-hydrogen) atoms. The van der Waals surface area contributed by atoms with Gasteiger partial charge in [0.25, 0.3) is 0 Å². The second-order valence-electron chi connectivity index (χ2n) is 7.64. The molecule has 4 nitrogen and oxygen atoms in total. The lowest BCUT2D eigenvalue weighted by atomic mass is 9.93. The van der Waals surface area contributed by atoms with Gasteiger partial charge in [0.1, 0.15) is 12.0 Å². The number of carbonyl (C=O) groups excluding carboxylic acids is 1. The number of aldehydes is 1. The molecule has 0 fully saturated rings. The Morgan fingerprint density at radius 2 is 1.62 bits per heavy atom. The summed E-state index contributed by atoms with van der Waals surface area (Å²) in [5.41, 5.74) is 2.17. The van der Waals surface area contributed by atoms with E-state index in [-0.39, 0.29) is 18.1 Å². The number of hydrogen-bond donors (Lipinski definition) is 0.